The van der Waals surface area contributed by atoms with Gasteiger partial charge in [-0.1, -0.05) is 19.4 Å². The third kappa shape index (κ3) is 4.49. The maximum absolute atomic E-state index is 9.26. The lowest BCUT2D eigenvalue weighted by Crippen LogP contribution is -2.28. The first-order chi connectivity index (χ1) is 5.61. The molecule has 0 rings (SSSR count). The first-order valence-corrected chi connectivity index (χ1v) is 4.28. The highest BCUT2D eigenvalue weighted by Gasteiger charge is 2.16. The Balaban J connectivity index is 3.66. The monoisotopic (exact) mass is 174 g/mol. The molecule has 0 aromatic heterocycles. The van der Waals surface area contributed by atoms with E-state index in [0.29, 0.717) is 6.42 Å². The van der Waals surface area contributed by atoms with Crippen molar-refractivity contribution in [2.45, 2.75) is 44.5 Å². The smallest absolute Gasteiger partial charge is 0.0978 e. The van der Waals surface area contributed by atoms with E-state index in [1.54, 1.807) is 0 Å². The lowest BCUT2D eigenvalue weighted by atomic mass is 10.0. The van der Waals surface area contributed by atoms with Gasteiger partial charge in [0.25, 0.3) is 0 Å². The highest BCUT2D eigenvalue weighted by molar-refractivity contribution is 4.85. The van der Waals surface area contributed by atoms with Gasteiger partial charge in [-0.15, -0.1) is 6.58 Å². The number of rotatable bonds is 6. The summed E-state index contributed by atoms with van der Waals surface area (Å²) < 4.78 is 0. The second-order valence-corrected chi connectivity index (χ2v) is 2.97. The molecule has 0 fully saturated rings. The van der Waals surface area contributed by atoms with Crippen LogP contribution in [-0.2, 0) is 0 Å². The Morgan fingerprint density at radius 3 is 2.33 bits per heavy atom. The molecule has 0 unspecified atom stereocenters. The predicted molar refractivity (Wildman–Crippen MR) is 47.7 cm³/mol. The highest BCUT2D eigenvalue weighted by atomic mass is 16.3. The van der Waals surface area contributed by atoms with Crippen molar-refractivity contribution in [3.05, 3.63) is 12.7 Å². The molecule has 0 aromatic rings. The van der Waals surface area contributed by atoms with Crippen LogP contribution in [0.2, 0.25) is 0 Å². The lowest BCUT2D eigenvalue weighted by Gasteiger charge is -2.17. The Hall–Kier alpha value is -0.380. The standard InChI is InChI=1S/C9H18O3/c1-3-5-7(10)6-9(12)8(11)4-2/h4,7-12H,2-3,5-6H2,1H3/t7-,8+,9+/m1/s1. The Morgan fingerprint density at radius 2 is 1.92 bits per heavy atom. The maximum atomic E-state index is 9.26. The summed E-state index contributed by atoms with van der Waals surface area (Å²) >= 11 is 0. The molecule has 0 aliphatic rings. The van der Waals surface area contributed by atoms with Crippen LogP contribution in [0.4, 0.5) is 0 Å². The predicted octanol–water partition coefficient (Wildman–Crippen LogP) is 0.445. The summed E-state index contributed by atoms with van der Waals surface area (Å²) in [6.45, 7) is 5.30. The second-order valence-electron chi connectivity index (χ2n) is 2.97. The normalized spacial score (nSPS) is 18.3. The van der Waals surface area contributed by atoms with Crippen LogP contribution >= 0.6 is 0 Å². The van der Waals surface area contributed by atoms with Gasteiger partial charge in [0.15, 0.2) is 0 Å². The Bertz CT molecular complexity index is 125. The molecule has 0 amide bonds. The fourth-order valence-corrected chi connectivity index (χ4v) is 1.03. The molecular weight excluding hydrogens is 156 g/mol. The Kier molecular flexibility index (Phi) is 5.98. The Labute approximate surface area is 73.4 Å². The number of aliphatic hydroxyl groups is 3. The van der Waals surface area contributed by atoms with Crippen LogP contribution in [0, 0.1) is 0 Å². The maximum Gasteiger partial charge on any atom is 0.0978 e. The molecule has 0 radical (unpaired) electrons. The summed E-state index contributed by atoms with van der Waals surface area (Å²) in [6.07, 6.45) is 0.642. The van der Waals surface area contributed by atoms with Gasteiger partial charge in [0, 0.05) is 6.42 Å². The van der Waals surface area contributed by atoms with Gasteiger partial charge in [-0.3, -0.25) is 0 Å². The van der Waals surface area contributed by atoms with Gasteiger partial charge in [-0.2, -0.15) is 0 Å². The van der Waals surface area contributed by atoms with E-state index >= 15 is 0 Å². The van der Waals surface area contributed by atoms with Gasteiger partial charge in [0.05, 0.1) is 18.3 Å². The van der Waals surface area contributed by atoms with Crippen LogP contribution in [0.3, 0.4) is 0 Å². The largest absolute Gasteiger partial charge is 0.393 e. The summed E-state index contributed by atoms with van der Waals surface area (Å²) in [7, 11) is 0. The van der Waals surface area contributed by atoms with Crippen molar-refractivity contribution in [3.63, 3.8) is 0 Å². The second kappa shape index (κ2) is 6.17. The molecular formula is C9H18O3. The van der Waals surface area contributed by atoms with Crippen molar-refractivity contribution < 1.29 is 15.3 Å². The van der Waals surface area contributed by atoms with Crippen molar-refractivity contribution in [1.82, 2.24) is 0 Å². The fourth-order valence-electron chi connectivity index (χ4n) is 1.03. The summed E-state index contributed by atoms with van der Waals surface area (Å²) in [5, 5.41) is 27.6. The zero-order valence-electron chi connectivity index (χ0n) is 7.48. The van der Waals surface area contributed by atoms with Crippen molar-refractivity contribution in [2.75, 3.05) is 0 Å². The number of hydrogen-bond donors (Lipinski definition) is 3. The van der Waals surface area contributed by atoms with Crippen LogP contribution in [-0.4, -0.2) is 33.6 Å². The highest BCUT2D eigenvalue weighted by Crippen LogP contribution is 2.08. The topological polar surface area (TPSA) is 60.7 Å². The van der Waals surface area contributed by atoms with E-state index in [0.717, 1.165) is 6.42 Å². The van der Waals surface area contributed by atoms with Crippen LogP contribution in [0.15, 0.2) is 12.7 Å². The molecule has 0 saturated carbocycles. The molecule has 0 saturated heterocycles. The minimum atomic E-state index is -0.934. The minimum absolute atomic E-state index is 0.209. The van der Waals surface area contributed by atoms with E-state index in [9.17, 15) is 10.2 Å². The molecule has 0 aliphatic heterocycles. The summed E-state index contributed by atoms with van der Waals surface area (Å²) in [6, 6.07) is 0. The Morgan fingerprint density at radius 1 is 1.33 bits per heavy atom. The summed E-state index contributed by atoms with van der Waals surface area (Å²) in [5.74, 6) is 0. The van der Waals surface area contributed by atoms with Crippen molar-refractivity contribution >= 4 is 0 Å². The van der Waals surface area contributed by atoms with E-state index in [1.165, 1.54) is 6.08 Å². The van der Waals surface area contributed by atoms with Crippen molar-refractivity contribution in [3.8, 4) is 0 Å². The molecule has 3 N–H and O–H groups in total. The molecule has 3 nitrogen and oxygen atoms in total. The zero-order valence-corrected chi connectivity index (χ0v) is 7.48. The number of aliphatic hydroxyl groups excluding tert-OH is 3. The summed E-state index contributed by atoms with van der Waals surface area (Å²) in [5.41, 5.74) is 0. The van der Waals surface area contributed by atoms with E-state index in [4.69, 9.17) is 5.11 Å². The minimum Gasteiger partial charge on any atom is -0.393 e. The number of hydrogen-bond acceptors (Lipinski definition) is 3. The van der Waals surface area contributed by atoms with Crippen molar-refractivity contribution in [2.24, 2.45) is 0 Å². The van der Waals surface area contributed by atoms with Crippen molar-refractivity contribution in [1.29, 1.82) is 0 Å². The molecule has 0 aromatic carbocycles. The van der Waals surface area contributed by atoms with Crippen LogP contribution < -0.4 is 0 Å². The molecule has 72 valence electrons. The van der Waals surface area contributed by atoms with Gasteiger partial charge in [-0.05, 0) is 6.42 Å². The van der Waals surface area contributed by atoms with E-state index in [1.807, 2.05) is 6.92 Å². The van der Waals surface area contributed by atoms with Crippen LogP contribution in [0.25, 0.3) is 0 Å². The SMILES string of the molecule is C=C[C@H](O)[C@@H](O)C[C@H](O)CCC. The fraction of sp³-hybridized carbons (Fsp3) is 0.778. The zero-order chi connectivity index (χ0) is 9.56. The molecule has 3 heteroatoms. The van der Waals surface area contributed by atoms with E-state index in [-0.39, 0.29) is 6.42 Å². The third-order valence-electron chi connectivity index (χ3n) is 1.77. The molecule has 0 aliphatic carbocycles. The lowest BCUT2D eigenvalue weighted by molar-refractivity contribution is 0.00808. The van der Waals surface area contributed by atoms with Gasteiger partial charge < -0.3 is 15.3 Å². The van der Waals surface area contributed by atoms with Gasteiger partial charge in [0.1, 0.15) is 0 Å². The van der Waals surface area contributed by atoms with Gasteiger partial charge in [-0.25, -0.2) is 0 Å². The molecule has 0 spiro atoms. The first-order valence-electron chi connectivity index (χ1n) is 4.28. The average molecular weight is 174 g/mol. The quantitative estimate of drug-likeness (QED) is 0.512. The first kappa shape index (κ1) is 11.6. The third-order valence-corrected chi connectivity index (χ3v) is 1.77. The molecule has 12 heavy (non-hydrogen) atoms. The molecule has 3 atom stereocenters. The van der Waals surface area contributed by atoms with Crippen LogP contribution in [0.1, 0.15) is 26.2 Å². The van der Waals surface area contributed by atoms with Crippen LogP contribution in [0.5, 0.6) is 0 Å². The molecule has 0 heterocycles. The van der Waals surface area contributed by atoms with Gasteiger partial charge in [0.2, 0.25) is 0 Å². The average Bonchev–Trinajstić information content (AvgIpc) is 2.03. The molecule has 0 bridgehead atoms. The van der Waals surface area contributed by atoms with E-state index in [2.05, 4.69) is 6.58 Å². The van der Waals surface area contributed by atoms with E-state index < -0.39 is 18.3 Å². The summed E-state index contributed by atoms with van der Waals surface area (Å²) in [4.78, 5) is 0. The van der Waals surface area contributed by atoms with Gasteiger partial charge >= 0.3 is 0 Å².